The molecule has 0 aliphatic carbocycles. The van der Waals surface area contributed by atoms with Crippen LogP contribution in [-0.4, -0.2) is 17.6 Å². The van der Waals surface area contributed by atoms with E-state index in [-0.39, 0.29) is 12.5 Å². The number of aliphatic hydroxyl groups is 1. The quantitative estimate of drug-likeness (QED) is 0.882. The lowest BCUT2D eigenvalue weighted by atomic mass is 10.1. The minimum Gasteiger partial charge on any atom is -0.396 e. The number of hydrogen-bond acceptors (Lipinski definition) is 2. The van der Waals surface area contributed by atoms with Gasteiger partial charge in [-0.1, -0.05) is 18.2 Å². The van der Waals surface area contributed by atoms with Gasteiger partial charge in [0.1, 0.15) is 0 Å². The normalized spacial score (nSPS) is 10.4. The van der Waals surface area contributed by atoms with E-state index in [1.807, 2.05) is 56.3 Å². The van der Waals surface area contributed by atoms with Crippen molar-refractivity contribution in [2.75, 3.05) is 11.9 Å². The second-order valence-corrected chi connectivity index (χ2v) is 5.28. The maximum atomic E-state index is 12.3. The summed E-state index contributed by atoms with van der Waals surface area (Å²) in [7, 11) is 0. The third-order valence-electron chi connectivity index (χ3n) is 3.58. The van der Waals surface area contributed by atoms with Gasteiger partial charge in [0.15, 0.2) is 0 Å². The molecule has 2 aromatic carbocycles. The first-order valence-electron chi connectivity index (χ1n) is 7.18. The van der Waals surface area contributed by atoms with Crippen LogP contribution in [0.25, 0.3) is 0 Å². The molecule has 21 heavy (non-hydrogen) atoms. The molecule has 0 aliphatic heterocycles. The van der Waals surface area contributed by atoms with Crippen LogP contribution < -0.4 is 5.32 Å². The Labute approximate surface area is 125 Å². The van der Waals surface area contributed by atoms with Crippen molar-refractivity contribution in [2.24, 2.45) is 0 Å². The summed E-state index contributed by atoms with van der Waals surface area (Å²) in [5.41, 5.74) is 4.85. The molecule has 0 saturated carbocycles. The largest absolute Gasteiger partial charge is 0.396 e. The number of nitrogens with one attached hydrogen (secondary N) is 1. The standard InChI is InChI=1S/C18H21NO2/c1-13-8-9-16(11-14(13)2)18(21)19-17-7-3-5-15(12-17)6-4-10-20/h3,5,7-9,11-12,20H,4,6,10H2,1-2H3,(H,19,21). The summed E-state index contributed by atoms with van der Waals surface area (Å²) in [6.07, 6.45) is 1.54. The van der Waals surface area contributed by atoms with Crippen LogP contribution in [0.2, 0.25) is 0 Å². The van der Waals surface area contributed by atoms with Crippen molar-refractivity contribution in [1.29, 1.82) is 0 Å². The first-order chi connectivity index (χ1) is 10.1. The molecule has 0 unspecified atom stereocenters. The van der Waals surface area contributed by atoms with Gasteiger partial charge in [-0.05, 0) is 67.6 Å². The maximum Gasteiger partial charge on any atom is 0.255 e. The molecule has 0 radical (unpaired) electrons. The van der Waals surface area contributed by atoms with Crippen molar-refractivity contribution < 1.29 is 9.90 Å². The number of aryl methyl sites for hydroxylation is 3. The third-order valence-corrected chi connectivity index (χ3v) is 3.58. The molecular weight excluding hydrogens is 262 g/mol. The van der Waals surface area contributed by atoms with Crippen LogP contribution in [0.3, 0.4) is 0 Å². The Morgan fingerprint density at radius 2 is 1.90 bits per heavy atom. The zero-order valence-electron chi connectivity index (χ0n) is 12.5. The number of aliphatic hydroxyl groups excluding tert-OH is 1. The van der Waals surface area contributed by atoms with E-state index in [0.29, 0.717) is 5.56 Å². The monoisotopic (exact) mass is 283 g/mol. The van der Waals surface area contributed by atoms with E-state index < -0.39 is 0 Å². The Balaban J connectivity index is 2.10. The van der Waals surface area contributed by atoms with Gasteiger partial charge in [-0.2, -0.15) is 0 Å². The van der Waals surface area contributed by atoms with Gasteiger partial charge in [0.05, 0.1) is 0 Å². The fraction of sp³-hybridized carbons (Fsp3) is 0.278. The molecule has 2 aromatic rings. The number of benzene rings is 2. The number of rotatable bonds is 5. The van der Waals surface area contributed by atoms with E-state index in [1.54, 1.807) is 0 Å². The molecule has 0 saturated heterocycles. The molecule has 0 aliphatic rings. The van der Waals surface area contributed by atoms with Gasteiger partial charge in [0, 0.05) is 17.9 Å². The molecule has 0 bridgehead atoms. The van der Waals surface area contributed by atoms with Crippen LogP contribution in [-0.2, 0) is 6.42 Å². The minimum atomic E-state index is -0.0996. The molecule has 3 heteroatoms. The number of carbonyl (C=O) groups excluding carboxylic acids is 1. The Morgan fingerprint density at radius 1 is 1.10 bits per heavy atom. The number of amides is 1. The van der Waals surface area contributed by atoms with Gasteiger partial charge in [-0.25, -0.2) is 0 Å². The highest BCUT2D eigenvalue weighted by atomic mass is 16.2. The van der Waals surface area contributed by atoms with Gasteiger partial charge < -0.3 is 10.4 Å². The predicted octanol–water partition coefficient (Wildman–Crippen LogP) is 3.48. The molecule has 0 spiro atoms. The summed E-state index contributed by atoms with van der Waals surface area (Å²) in [6, 6.07) is 13.5. The summed E-state index contributed by atoms with van der Waals surface area (Å²) >= 11 is 0. The topological polar surface area (TPSA) is 49.3 Å². The summed E-state index contributed by atoms with van der Waals surface area (Å²) in [4.78, 5) is 12.3. The molecule has 0 aromatic heterocycles. The lowest BCUT2D eigenvalue weighted by Crippen LogP contribution is -2.12. The summed E-state index contributed by atoms with van der Waals surface area (Å²) < 4.78 is 0. The van der Waals surface area contributed by atoms with Crippen molar-refractivity contribution in [1.82, 2.24) is 0 Å². The maximum absolute atomic E-state index is 12.3. The van der Waals surface area contributed by atoms with E-state index in [4.69, 9.17) is 5.11 Å². The van der Waals surface area contributed by atoms with E-state index in [0.717, 1.165) is 29.7 Å². The van der Waals surface area contributed by atoms with Crippen molar-refractivity contribution in [3.63, 3.8) is 0 Å². The minimum absolute atomic E-state index is 0.0996. The van der Waals surface area contributed by atoms with Crippen molar-refractivity contribution in [2.45, 2.75) is 26.7 Å². The van der Waals surface area contributed by atoms with Gasteiger partial charge in [-0.15, -0.1) is 0 Å². The molecule has 0 atom stereocenters. The Hall–Kier alpha value is -2.13. The van der Waals surface area contributed by atoms with Crippen LogP contribution in [0, 0.1) is 13.8 Å². The lowest BCUT2D eigenvalue weighted by molar-refractivity contribution is 0.102. The molecule has 2 rings (SSSR count). The van der Waals surface area contributed by atoms with Crippen LogP contribution in [0.1, 0.15) is 33.5 Å². The lowest BCUT2D eigenvalue weighted by Gasteiger charge is -2.09. The van der Waals surface area contributed by atoms with Gasteiger partial charge >= 0.3 is 0 Å². The summed E-state index contributed by atoms with van der Waals surface area (Å²) in [6.45, 7) is 4.21. The first kappa shape index (κ1) is 15.3. The Bertz CT molecular complexity index is 635. The third kappa shape index (κ3) is 4.17. The van der Waals surface area contributed by atoms with Gasteiger partial charge in [-0.3, -0.25) is 4.79 Å². The zero-order chi connectivity index (χ0) is 15.2. The summed E-state index contributed by atoms with van der Waals surface area (Å²) in [5.74, 6) is -0.0996. The van der Waals surface area contributed by atoms with Crippen molar-refractivity contribution in [3.8, 4) is 0 Å². The van der Waals surface area contributed by atoms with E-state index in [9.17, 15) is 4.79 Å². The molecule has 110 valence electrons. The van der Waals surface area contributed by atoms with Crippen molar-refractivity contribution in [3.05, 3.63) is 64.7 Å². The number of anilines is 1. The number of hydrogen-bond donors (Lipinski definition) is 2. The fourth-order valence-corrected chi connectivity index (χ4v) is 2.17. The molecule has 0 fully saturated rings. The second kappa shape index (κ2) is 7.04. The molecule has 3 nitrogen and oxygen atoms in total. The van der Waals surface area contributed by atoms with Gasteiger partial charge in [0.25, 0.3) is 5.91 Å². The van der Waals surface area contributed by atoms with Crippen LogP contribution in [0.15, 0.2) is 42.5 Å². The van der Waals surface area contributed by atoms with Gasteiger partial charge in [0.2, 0.25) is 0 Å². The molecular formula is C18H21NO2. The van der Waals surface area contributed by atoms with Crippen LogP contribution in [0.4, 0.5) is 5.69 Å². The zero-order valence-corrected chi connectivity index (χ0v) is 12.5. The van der Waals surface area contributed by atoms with Crippen LogP contribution in [0.5, 0.6) is 0 Å². The SMILES string of the molecule is Cc1ccc(C(=O)Nc2cccc(CCCO)c2)cc1C. The predicted molar refractivity (Wildman–Crippen MR) is 85.7 cm³/mol. The average molecular weight is 283 g/mol. The van der Waals surface area contributed by atoms with Crippen LogP contribution >= 0.6 is 0 Å². The second-order valence-electron chi connectivity index (χ2n) is 5.28. The number of carbonyl (C=O) groups is 1. The smallest absolute Gasteiger partial charge is 0.255 e. The van der Waals surface area contributed by atoms with E-state index in [1.165, 1.54) is 5.56 Å². The Kier molecular flexibility index (Phi) is 5.12. The highest BCUT2D eigenvalue weighted by Crippen LogP contribution is 2.15. The van der Waals surface area contributed by atoms with Crippen molar-refractivity contribution >= 4 is 11.6 Å². The first-order valence-corrected chi connectivity index (χ1v) is 7.18. The van der Waals surface area contributed by atoms with E-state index in [2.05, 4.69) is 5.32 Å². The summed E-state index contributed by atoms with van der Waals surface area (Å²) in [5, 5.41) is 11.8. The molecule has 1 amide bonds. The molecule has 2 N–H and O–H groups in total. The highest BCUT2D eigenvalue weighted by Gasteiger charge is 2.07. The van der Waals surface area contributed by atoms with E-state index >= 15 is 0 Å². The Morgan fingerprint density at radius 3 is 2.62 bits per heavy atom. The highest BCUT2D eigenvalue weighted by molar-refractivity contribution is 6.04. The molecule has 0 heterocycles. The fourth-order valence-electron chi connectivity index (χ4n) is 2.17. The average Bonchev–Trinajstić information content (AvgIpc) is 2.48.